The van der Waals surface area contributed by atoms with Crippen molar-refractivity contribution >= 4 is 17.0 Å². The quantitative estimate of drug-likeness (QED) is 0.458. The van der Waals surface area contributed by atoms with Gasteiger partial charge in [-0.2, -0.15) is 19.0 Å². The Kier molecular flexibility index (Phi) is 7.80. The van der Waals surface area contributed by atoms with E-state index in [2.05, 4.69) is 30.6 Å². The van der Waals surface area contributed by atoms with Crippen LogP contribution in [0.2, 0.25) is 0 Å². The maximum Gasteiger partial charge on any atom is 0.350 e. The number of anilines is 1. The smallest absolute Gasteiger partial charge is 0.349 e. The number of halogens is 3. The number of benzene rings is 1. The van der Waals surface area contributed by atoms with E-state index in [1.165, 1.54) is 23.6 Å². The number of nitrogens with zero attached hydrogens (tertiary/aromatic N) is 7. The maximum absolute atomic E-state index is 14.1. The lowest BCUT2D eigenvalue weighted by Gasteiger charge is -2.47. The number of hydrogen-bond donors (Lipinski definition) is 0. The Labute approximate surface area is 219 Å². The number of nitriles is 1. The van der Waals surface area contributed by atoms with Gasteiger partial charge in [-0.1, -0.05) is 6.07 Å². The standard InChI is InChI=1S/C26H32F3N7O2/c1-14-13-36(23-22-24(34(6)26(37)32-23)33(5)21(31-22)9-10-30)15(2)12-35(14)16(3)19-8-7-18(27)11-20(19)17(4)38-25(28)29/h7-8,11,14-17,25H,9,12-13H2,1-6H3/t14-,15+,16?,17?/m1/s1. The van der Waals surface area contributed by atoms with Crippen LogP contribution in [0.4, 0.5) is 19.0 Å². The minimum Gasteiger partial charge on any atom is -0.349 e. The summed E-state index contributed by atoms with van der Waals surface area (Å²) in [5.74, 6) is 0.499. The van der Waals surface area contributed by atoms with Gasteiger partial charge >= 0.3 is 12.3 Å². The topological polar surface area (TPSA) is 92.2 Å². The Balaban J connectivity index is 1.67. The van der Waals surface area contributed by atoms with Gasteiger partial charge in [0.25, 0.3) is 0 Å². The van der Waals surface area contributed by atoms with Crippen molar-refractivity contribution in [2.24, 2.45) is 14.1 Å². The molecule has 0 radical (unpaired) electrons. The van der Waals surface area contributed by atoms with Gasteiger partial charge in [0.2, 0.25) is 0 Å². The van der Waals surface area contributed by atoms with Crippen molar-refractivity contribution < 1.29 is 17.9 Å². The van der Waals surface area contributed by atoms with E-state index in [1.54, 1.807) is 24.7 Å². The predicted molar refractivity (Wildman–Crippen MR) is 136 cm³/mol. The zero-order valence-electron chi connectivity index (χ0n) is 22.3. The highest BCUT2D eigenvalue weighted by atomic mass is 19.3. The fraction of sp³-hybridized carbons (Fsp3) is 0.538. The van der Waals surface area contributed by atoms with Crippen molar-refractivity contribution in [2.75, 3.05) is 18.0 Å². The second kappa shape index (κ2) is 10.7. The number of aryl methyl sites for hydroxylation is 2. The number of ether oxygens (including phenoxy) is 1. The molecule has 0 aliphatic carbocycles. The summed E-state index contributed by atoms with van der Waals surface area (Å²) in [6, 6.07) is 5.98. The van der Waals surface area contributed by atoms with Crippen molar-refractivity contribution in [3.63, 3.8) is 0 Å². The Morgan fingerprint density at radius 3 is 2.47 bits per heavy atom. The summed E-state index contributed by atoms with van der Waals surface area (Å²) >= 11 is 0. The van der Waals surface area contributed by atoms with Gasteiger partial charge in [-0.25, -0.2) is 14.2 Å². The molecule has 2 unspecified atom stereocenters. The van der Waals surface area contributed by atoms with Gasteiger partial charge in [0, 0.05) is 45.3 Å². The van der Waals surface area contributed by atoms with Gasteiger partial charge in [0.1, 0.15) is 22.8 Å². The molecule has 9 nitrogen and oxygen atoms in total. The summed E-state index contributed by atoms with van der Waals surface area (Å²) in [6.07, 6.45) is -0.883. The van der Waals surface area contributed by atoms with Crippen LogP contribution in [-0.4, -0.2) is 55.8 Å². The number of hydrogen-bond acceptors (Lipinski definition) is 7. The molecule has 38 heavy (non-hydrogen) atoms. The second-order valence-electron chi connectivity index (χ2n) is 9.91. The third kappa shape index (κ3) is 5.00. The van der Waals surface area contributed by atoms with E-state index in [-0.39, 0.29) is 24.5 Å². The first-order valence-electron chi connectivity index (χ1n) is 12.5. The lowest BCUT2D eigenvalue weighted by Crippen LogP contribution is -2.57. The maximum atomic E-state index is 14.1. The summed E-state index contributed by atoms with van der Waals surface area (Å²) in [7, 11) is 3.40. The molecule has 1 aromatic carbocycles. The average molecular weight is 532 g/mol. The molecule has 1 aliphatic rings. The molecule has 0 spiro atoms. The van der Waals surface area contributed by atoms with Crippen molar-refractivity contribution in [3.05, 3.63) is 51.5 Å². The number of fused-ring (bicyclic) bond motifs is 1. The van der Waals surface area contributed by atoms with Crippen LogP contribution in [0.1, 0.15) is 56.8 Å². The van der Waals surface area contributed by atoms with E-state index in [0.717, 1.165) is 0 Å². The lowest BCUT2D eigenvalue weighted by atomic mass is 9.94. The third-order valence-electron chi connectivity index (χ3n) is 7.46. The molecule has 12 heteroatoms. The van der Waals surface area contributed by atoms with Crippen LogP contribution in [0.25, 0.3) is 11.2 Å². The number of alkyl halides is 2. The van der Waals surface area contributed by atoms with E-state index in [1.807, 2.05) is 20.8 Å². The molecule has 4 atom stereocenters. The highest BCUT2D eigenvalue weighted by Crippen LogP contribution is 2.35. The molecule has 3 aromatic rings. The van der Waals surface area contributed by atoms with Crippen LogP contribution in [0.3, 0.4) is 0 Å². The molecule has 3 heterocycles. The molecule has 4 rings (SSSR count). The van der Waals surface area contributed by atoms with Gasteiger partial charge in [0.05, 0.1) is 18.6 Å². The van der Waals surface area contributed by atoms with Gasteiger partial charge in [-0.15, -0.1) is 0 Å². The van der Waals surface area contributed by atoms with Crippen molar-refractivity contribution in [1.29, 1.82) is 5.26 Å². The number of aromatic nitrogens is 4. The first-order valence-corrected chi connectivity index (χ1v) is 12.5. The molecule has 2 aromatic heterocycles. The van der Waals surface area contributed by atoms with Gasteiger partial charge < -0.3 is 14.2 Å². The monoisotopic (exact) mass is 531 g/mol. The Hall–Kier alpha value is -3.43. The first-order chi connectivity index (χ1) is 17.9. The summed E-state index contributed by atoms with van der Waals surface area (Å²) < 4.78 is 47.8. The highest BCUT2D eigenvalue weighted by Gasteiger charge is 2.36. The fourth-order valence-corrected chi connectivity index (χ4v) is 5.48. The van der Waals surface area contributed by atoms with Gasteiger partial charge in [-0.05, 0) is 51.0 Å². The predicted octanol–water partition coefficient (Wildman–Crippen LogP) is 3.83. The molecule has 1 aliphatic heterocycles. The van der Waals surface area contributed by atoms with E-state index in [9.17, 15) is 23.2 Å². The summed E-state index contributed by atoms with van der Waals surface area (Å²) in [4.78, 5) is 26.1. The van der Waals surface area contributed by atoms with Crippen molar-refractivity contribution in [1.82, 2.24) is 24.0 Å². The van der Waals surface area contributed by atoms with E-state index >= 15 is 0 Å². The highest BCUT2D eigenvalue weighted by molar-refractivity contribution is 5.84. The molecule has 1 fully saturated rings. The summed E-state index contributed by atoms with van der Waals surface area (Å²) in [5.41, 5.74) is 1.82. The zero-order valence-corrected chi connectivity index (χ0v) is 22.3. The van der Waals surface area contributed by atoms with Gasteiger partial charge in [0.15, 0.2) is 5.82 Å². The van der Waals surface area contributed by atoms with Crippen LogP contribution in [0, 0.1) is 17.1 Å². The first kappa shape index (κ1) is 27.6. The van der Waals surface area contributed by atoms with Crippen molar-refractivity contribution in [2.45, 2.75) is 65.0 Å². The van der Waals surface area contributed by atoms with Crippen LogP contribution in [0.5, 0.6) is 0 Å². The van der Waals surface area contributed by atoms with Crippen LogP contribution >= 0.6 is 0 Å². The summed E-state index contributed by atoms with van der Waals surface area (Å²) in [6.45, 7) is 5.62. The Bertz CT molecular complexity index is 1430. The molecule has 0 amide bonds. The van der Waals surface area contributed by atoms with Crippen LogP contribution in [0.15, 0.2) is 23.0 Å². The normalized spacial score (nSPS) is 20.2. The lowest BCUT2D eigenvalue weighted by molar-refractivity contribution is -0.160. The zero-order chi connectivity index (χ0) is 27.9. The van der Waals surface area contributed by atoms with E-state index < -0.39 is 24.2 Å². The third-order valence-corrected chi connectivity index (χ3v) is 7.46. The van der Waals surface area contributed by atoms with E-state index in [4.69, 9.17) is 0 Å². The van der Waals surface area contributed by atoms with E-state index in [0.29, 0.717) is 47.0 Å². The molecule has 204 valence electrons. The molecular formula is C26H32F3N7O2. The van der Waals surface area contributed by atoms with Crippen LogP contribution in [-0.2, 0) is 25.3 Å². The fourth-order valence-electron chi connectivity index (χ4n) is 5.48. The average Bonchev–Trinajstić information content (AvgIpc) is 3.18. The Morgan fingerprint density at radius 1 is 1.11 bits per heavy atom. The largest absolute Gasteiger partial charge is 0.350 e. The van der Waals surface area contributed by atoms with Gasteiger partial charge in [-0.3, -0.25) is 9.47 Å². The second-order valence-corrected chi connectivity index (χ2v) is 9.91. The number of rotatable bonds is 7. The molecule has 0 saturated carbocycles. The molecule has 1 saturated heterocycles. The van der Waals surface area contributed by atoms with Crippen LogP contribution < -0.4 is 10.6 Å². The minimum absolute atomic E-state index is 0.0337. The SMILES string of the molecule is CC(OC(F)F)c1cc(F)ccc1C(C)N1C[C@H](C)N(c2nc(=O)n(C)c3c2nc(CC#N)n3C)C[C@H]1C. The number of piperazine rings is 1. The molecule has 0 N–H and O–H groups in total. The minimum atomic E-state index is -2.97. The number of imidazole rings is 1. The van der Waals surface area contributed by atoms with Crippen molar-refractivity contribution in [3.8, 4) is 6.07 Å². The Morgan fingerprint density at radius 2 is 1.82 bits per heavy atom. The summed E-state index contributed by atoms with van der Waals surface area (Å²) in [5, 5.41) is 9.21. The molecular weight excluding hydrogens is 499 g/mol. The molecule has 0 bridgehead atoms.